The molecule has 0 bridgehead atoms. The molecule has 0 saturated carbocycles. The topological polar surface area (TPSA) is 61.1 Å². The van der Waals surface area contributed by atoms with Gasteiger partial charge >= 0.3 is 0 Å². The molecule has 0 radical (unpaired) electrons. The number of hydrogen-bond donors (Lipinski definition) is 1. The summed E-state index contributed by atoms with van der Waals surface area (Å²) in [6, 6.07) is 1.88. The molecule has 2 rings (SSSR count). The van der Waals surface area contributed by atoms with Gasteiger partial charge in [0, 0.05) is 17.9 Å². The molecule has 2 heterocycles. The summed E-state index contributed by atoms with van der Waals surface area (Å²) in [5, 5.41) is 17.4. The number of hydrogen-bond acceptors (Lipinski definition) is 5. The summed E-state index contributed by atoms with van der Waals surface area (Å²) >= 11 is 3.37. The number of aliphatic hydroxyl groups is 1. The Kier molecular flexibility index (Phi) is 4.79. The van der Waals surface area contributed by atoms with E-state index in [1.165, 1.54) is 0 Å². The first-order chi connectivity index (χ1) is 6.66. The zero-order chi connectivity index (χ0) is 10.4. The Morgan fingerprint density at radius 3 is 2.43 bits per heavy atom. The van der Waals surface area contributed by atoms with Crippen LogP contribution in [0.3, 0.4) is 0 Å². The van der Waals surface area contributed by atoms with E-state index in [9.17, 15) is 4.79 Å². The molecule has 0 spiro atoms. The summed E-state index contributed by atoms with van der Waals surface area (Å²) in [4.78, 5) is 10.2. The molecular formula is C9H13NO2S2. The normalized spacial score (nSPS) is 30.7. The highest BCUT2D eigenvalue weighted by Gasteiger charge is 2.30. The van der Waals surface area contributed by atoms with Crippen molar-refractivity contribution in [3.63, 3.8) is 0 Å². The maximum atomic E-state index is 10.2. The zero-order valence-electron chi connectivity index (χ0n) is 7.86. The summed E-state index contributed by atoms with van der Waals surface area (Å²) in [7, 11) is 0. The van der Waals surface area contributed by atoms with E-state index in [1.807, 2.05) is 6.07 Å². The largest absolute Gasteiger partial charge is 0.374 e. The van der Waals surface area contributed by atoms with Crippen molar-refractivity contribution >= 4 is 29.3 Å². The summed E-state index contributed by atoms with van der Waals surface area (Å²) in [6.45, 7) is 0. The third-order valence-corrected chi connectivity index (χ3v) is 4.19. The Labute approximate surface area is 92.2 Å². The first kappa shape index (κ1) is 11.9. The van der Waals surface area contributed by atoms with Crippen LogP contribution < -0.4 is 0 Å². The van der Waals surface area contributed by atoms with Crippen molar-refractivity contribution in [2.75, 3.05) is 23.0 Å². The quantitative estimate of drug-likeness (QED) is 0.632. The van der Waals surface area contributed by atoms with Crippen LogP contribution in [0.4, 0.5) is 0 Å². The molecule has 3 nitrogen and oxygen atoms in total. The van der Waals surface area contributed by atoms with E-state index in [4.69, 9.17) is 10.4 Å². The van der Waals surface area contributed by atoms with Gasteiger partial charge in [-0.05, 0) is 12.2 Å². The van der Waals surface area contributed by atoms with Gasteiger partial charge in [-0.3, -0.25) is 4.79 Å². The minimum atomic E-state index is -0.995. The molecule has 14 heavy (non-hydrogen) atoms. The molecule has 5 heteroatoms. The Hall–Kier alpha value is -0.180. The molecule has 0 unspecified atom stereocenters. The van der Waals surface area contributed by atoms with E-state index in [0.717, 1.165) is 23.7 Å². The number of rotatable bonds is 0. The predicted molar refractivity (Wildman–Crippen MR) is 59.5 cm³/mol. The number of carbonyl (C=O) groups is 1. The van der Waals surface area contributed by atoms with Crippen molar-refractivity contribution in [3.8, 4) is 6.07 Å². The van der Waals surface area contributed by atoms with Crippen LogP contribution in [0.1, 0.15) is 12.8 Å². The molecule has 0 aliphatic carbocycles. The van der Waals surface area contributed by atoms with E-state index in [1.54, 1.807) is 23.5 Å². The highest BCUT2D eigenvalue weighted by Crippen LogP contribution is 2.26. The summed E-state index contributed by atoms with van der Waals surface area (Å²) < 4.78 is 0. The van der Waals surface area contributed by atoms with Crippen LogP contribution in [-0.4, -0.2) is 39.5 Å². The van der Waals surface area contributed by atoms with Gasteiger partial charge in [-0.15, -0.1) is 0 Å². The van der Waals surface area contributed by atoms with Gasteiger partial charge in [-0.2, -0.15) is 28.8 Å². The minimum Gasteiger partial charge on any atom is -0.374 e. The SMILES string of the molecule is N#C[C@@]1(O)CCSC1.O=C1CCSC1. The molecule has 1 atom stereocenters. The summed E-state index contributed by atoms with van der Waals surface area (Å²) in [5.41, 5.74) is -0.995. The molecule has 2 aliphatic heterocycles. The van der Waals surface area contributed by atoms with Crippen molar-refractivity contribution in [1.82, 2.24) is 0 Å². The van der Waals surface area contributed by atoms with Gasteiger partial charge in [0.05, 0.1) is 11.8 Å². The van der Waals surface area contributed by atoms with Crippen LogP contribution in [0.25, 0.3) is 0 Å². The van der Waals surface area contributed by atoms with Crippen molar-refractivity contribution in [3.05, 3.63) is 0 Å². The lowest BCUT2D eigenvalue weighted by molar-refractivity contribution is -0.115. The van der Waals surface area contributed by atoms with Crippen molar-refractivity contribution in [2.24, 2.45) is 0 Å². The maximum absolute atomic E-state index is 10.2. The second-order valence-electron chi connectivity index (χ2n) is 3.29. The average molecular weight is 231 g/mol. The minimum absolute atomic E-state index is 0.417. The fourth-order valence-electron chi connectivity index (χ4n) is 1.09. The van der Waals surface area contributed by atoms with E-state index >= 15 is 0 Å². The third kappa shape index (κ3) is 3.91. The van der Waals surface area contributed by atoms with Gasteiger partial charge < -0.3 is 5.11 Å². The fraction of sp³-hybridized carbons (Fsp3) is 0.778. The van der Waals surface area contributed by atoms with Gasteiger partial charge in [0.1, 0.15) is 5.78 Å². The van der Waals surface area contributed by atoms with Crippen LogP contribution in [0.2, 0.25) is 0 Å². The van der Waals surface area contributed by atoms with Gasteiger partial charge in [0.2, 0.25) is 0 Å². The smallest absolute Gasteiger partial charge is 0.160 e. The van der Waals surface area contributed by atoms with E-state index in [0.29, 0.717) is 18.0 Å². The van der Waals surface area contributed by atoms with Gasteiger partial charge in [-0.25, -0.2) is 0 Å². The van der Waals surface area contributed by atoms with E-state index < -0.39 is 5.60 Å². The second-order valence-corrected chi connectivity index (χ2v) is 5.50. The lowest BCUT2D eigenvalue weighted by Crippen LogP contribution is -2.24. The number of carbonyl (C=O) groups excluding carboxylic acids is 1. The predicted octanol–water partition coefficient (Wildman–Crippen LogP) is 1.07. The Bertz CT molecular complexity index is 236. The van der Waals surface area contributed by atoms with E-state index in [2.05, 4.69) is 0 Å². The van der Waals surface area contributed by atoms with Gasteiger partial charge in [0.25, 0.3) is 0 Å². The number of nitrogens with zero attached hydrogens (tertiary/aromatic N) is 1. The van der Waals surface area contributed by atoms with Crippen LogP contribution >= 0.6 is 23.5 Å². The first-order valence-corrected chi connectivity index (χ1v) is 6.78. The lowest BCUT2D eigenvalue weighted by Gasteiger charge is -2.07. The molecular weight excluding hydrogens is 218 g/mol. The highest BCUT2D eigenvalue weighted by atomic mass is 32.2. The Morgan fingerprint density at radius 2 is 2.21 bits per heavy atom. The maximum Gasteiger partial charge on any atom is 0.160 e. The van der Waals surface area contributed by atoms with Crippen molar-refractivity contribution < 1.29 is 9.90 Å². The fourth-order valence-corrected chi connectivity index (χ4v) is 3.15. The molecule has 78 valence electrons. The lowest BCUT2D eigenvalue weighted by atomic mass is 10.1. The molecule has 2 fully saturated rings. The number of Topliss-reactive ketones (excluding diaryl/α,β-unsaturated/α-hetero) is 1. The van der Waals surface area contributed by atoms with Gasteiger partial charge in [-0.1, -0.05) is 0 Å². The molecule has 0 aromatic rings. The zero-order valence-corrected chi connectivity index (χ0v) is 9.49. The molecule has 1 N–H and O–H groups in total. The van der Waals surface area contributed by atoms with Crippen molar-refractivity contribution in [1.29, 1.82) is 5.26 Å². The summed E-state index contributed by atoms with van der Waals surface area (Å²) in [6.07, 6.45) is 1.44. The molecule has 2 saturated heterocycles. The number of nitriles is 1. The van der Waals surface area contributed by atoms with Crippen LogP contribution in [-0.2, 0) is 4.79 Å². The second kappa shape index (κ2) is 5.64. The van der Waals surface area contributed by atoms with E-state index in [-0.39, 0.29) is 0 Å². The van der Waals surface area contributed by atoms with Gasteiger partial charge in [0.15, 0.2) is 5.60 Å². The number of ketones is 1. The Balaban J connectivity index is 0.000000146. The third-order valence-electron chi connectivity index (χ3n) is 2.00. The number of thioether (sulfide) groups is 2. The Morgan fingerprint density at radius 1 is 1.43 bits per heavy atom. The molecule has 2 aliphatic rings. The van der Waals surface area contributed by atoms with Crippen molar-refractivity contribution in [2.45, 2.75) is 18.4 Å². The summed E-state index contributed by atoms with van der Waals surface area (Å²) in [5.74, 6) is 3.74. The average Bonchev–Trinajstić information content (AvgIpc) is 2.79. The first-order valence-electron chi connectivity index (χ1n) is 4.47. The van der Waals surface area contributed by atoms with Crippen LogP contribution in [0, 0.1) is 11.3 Å². The van der Waals surface area contributed by atoms with Crippen LogP contribution in [0.5, 0.6) is 0 Å². The monoisotopic (exact) mass is 231 g/mol. The molecule has 0 aromatic heterocycles. The molecule has 0 aromatic carbocycles. The molecule has 0 amide bonds. The van der Waals surface area contributed by atoms with Crippen LogP contribution in [0.15, 0.2) is 0 Å². The standard InChI is InChI=1S/C5H7NOS.C4H6OS/c6-3-5(7)1-2-8-4-5;5-4-1-2-6-3-4/h7H,1-2,4H2;1-3H2/t5-;/m0./s1. The highest BCUT2D eigenvalue weighted by molar-refractivity contribution is 8.00.